The summed E-state index contributed by atoms with van der Waals surface area (Å²) in [4.78, 5) is 15.2. The van der Waals surface area contributed by atoms with Gasteiger partial charge in [0, 0.05) is 22.6 Å². The maximum absolute atomic E-state index is 13.1. The molecule has 7 heteroatoms. The maximum Gasteiger partial charge on any atom is 0.319 e. The van der Waals surface area contributed by atoms with Gasteiger partial charge in [0.2, 0.25) is 0 Å². The number of halogens is 1. The summed E-state index contributed by atoms with van der Waals surface area (Å²) in [5.41, 5.74) is 0. The van der Waals surface area contributed by atoms with Crippen molar-refractivity contribution in [1.29, 1.82) is 0 Å². The third kappa shape index (κ3) is 2.88. The van der Waals surface area contributed by atoms with Crippen LogP contribution >= 0.6 is 22.7 Å². The van der Waals surface area contributed by atoms with Crippen LogP contribution in [0.4, 0.5) is 0 Å². The number of likely N-dealkylation sites (N-methyl/N-ethyl adjacent to an activating group) is 1. The molecule has 0 aliphatic carbocycles. The molecule has 2 aromatic rings. The summed E-state index contributed by atoms with van der Waals surface area (Å²) >= 11 is 3.25. The van der Waals surface area contributed by atoms with Crippen LogP contribution in [0.3, 0.4) is 0 Å². The molecule has 3 fully saturated rings. The minimum absolute atomic E-state index is 0. The van der Waals surface area contributed by atoms with E-state index >= 15 is 0 Å². The number of piperidine rings is 1. The molecule has 4 nitrogen and oxygen atoms in total. The van der Waals surface area contributed by atoms with Crippen molar-refractivity contribution in [1.82, 2.24) is 0 Å². The highest BCUT2D eigenvalue weighted by molar-refractivity contribution is 7.11. The summed E-state index contributed by atoms with van der Waals surface area (Å²) in [6, 6.07) is 8.99. The van der Waals surface area contributed by atoms with Crippen LogP contribution in [-0.2, 0) is 14.3 Å². The largest absolute Gasteiger partial charge is 1.00 e. The molecular formula is C19H22BrNO3S2. The average molecular weight is 456 g/mol. The van der Waals surface area contributed by atoms with Gasteiger partial charge in [0.05, 0.1) is 14.1 Å². The third-order valence-electron chi connectivity index (χ3n) is 6.21. The van der Waals surface area contributed by atoms with Crippen molar-refractivity contribution in [3.8, 4) is 0 Å². The molecule has 26 heavy (non-hydrogen) atoms. The summed E-state index contributed by atoms with van der Waals surface area (Å²) in [5, 5.41) is 4.05. The van der Waals surface area contributed by atoms with Crippen LogP contribution in [0.2, 0.25) is 0 Å². The van der Waals surface area contributed by atoms with Crippen molar-refractivity contribution in [2.24, 2.45) is 0 Å². The molecule has 0 spiro atoms. The predicted molar refractivity (Wildman–Crippen MR) is 97.9 cm³/mol. The quantitative estimate of drug-likeness (QED) is 0.376. The zero-order valence-electron chi connectivity index (χ0n) is 14.7. The topological polar surface area (TPSA) is 38.8 Å². The molecule has 0 amide bonds. The predicted octanol–water partition coefficient (Wildman–Crippen LogP) is 0.246. The number of ether oxygens (including phenoxy) is 2. The lowest BCUT2D eigenvalue weighted by Gasteiger charge is -2.45. The molecule has 2 aromatic heterocycles. The van der Waals surface area contributed by atoms with E-state index in [2.05, 4.69) is 14.1 Å². The molecule has 3 saturated heterocycles. The van der Waals surface area contributed by atoms with Gasteiger partial charge in [-0.2, -0.15) is 0 Å². The molecule has 4 unspecified atom stereocenters. The van der Waals surface area contributed by atoms with E-state index in [0.29, 0.717) is 24.3 Å². The minimum Gasteiger partial charge on any atom is -1.00 e. The zero-order chi connectivity index (χ0) is 17.2. The number of hydrogen-bond donors (Lipinski definition) is 0. The number of nitrogens with zero attached hydrogens (tertiary/aromatic N) is 1. The smallest absolute Gasteiger partial charge is 0.319 e. The van der Waals surface area contributed by atoms with Gasteiger partial charge in [-0.3, -0.25) is 4.79 Å². The fraction of sp³-hybridized carbons (Fsp3) is 0.526. The van der Waals surface area contributed by atoms with E-state index < -0.39 is 0 Å². The number of rotatable bonds is 4. The van der Waals surface area contributed by atoms with E-state index in [1.165, 1.54) is 0 Å². The van der Waals surface area contributed by atoms with E-state index in [0.717, 1.165) is 27.1 Å². The second-order valence-electron chi connectivity index (χ2n) is 7.82. The molecular weight excluding hydrogens is 434 g/mol. The Hall–Kier alpha value is -0.730. The van der Waals surface area contributed by atoms with Crippen LogP contribution in [0.15, 0.2) is 35.0 Å². The van der Waals surface area contributed by atoms with Crippen LogP contribution in [0, 0.1) is 0 Å². The average Bonchev–Trinajstić information content (AvgIpc) is 2.91. The number of carbonyl (C=O) groups is 1. The Morgan fingerprint density at radius 2 is 1.65 bits per heavy atom. The number of carbonyl (C=O) groups excluding carboxylic acids is 1. The van der Waals surface area contributed by atoms with E-state index in [-0.39, 0.29) is 35.0 Å². The highest BCUT2D eigenvalue weighted by atomic mass is 79.9. The second kappa shape index (κ2) is 6.71. The summed E-state index contributed by atoms with van der Waals surface area (Å²) in [6.45, 7) is 0. The van der Waals surface area contributed by atoms with Gasteiger partial charge in [0.1, 0.15) is 36.3 Å². The fourth-order valence-corrected chi connectivity index (χ4v) is 6.55. The van der Waals surface area contributed by atoms with Gasteiger partial charge in [0.25, 0.3) is 0 Å². The Balaban J connectivity index is 0.00000168. The monoisotopic (exact) mass is 455 g/mol. The van der Waals surface area contributed by atoms with Crippen LogP contribution in [0.1, 0.15) is 28.5 Å². The highest BCUT2D eigenvalue weighted by Gasteiger charge is 2.70. The lowest BCUT2D eigenvalue weighted by molar-refractivity contribution is -0.938. The molecule has 5 heterocycles. The van der Waals surface area contributed by atoms with Crippen molar-refractivity contribution in [2.75, 3.05) is 14.1 Å². The normalized spacial score (nSPS) is 33.4. The van der Waals surface area contributed by atoms with Crippen molar-refractivity contribution < 1.29 is 35.7 Å². The van der Waals surface area contributed by atoms with Crippen molar-refractivity contribution in [3.05, 3.63) is 44.8 Å². The van der Waals surface area contributed by atoms with Crippen LogP contribution in [0.25, 0.3) is 0 Å². The first kappa shape index (κ1) is 18.6. The molecule has 0 N–H and O–H groups in total. The molecule has 3 aliphatic rings. The summed E-state index contributed by atoms with van der Waals surface area (Å²) in [6.07, 6.45) is 2.62. The SMILES string of the molecule is C[N+]1(C)C2CC(OC(=O)C(c3cccs3)c3cccs3)CC1C1OC12.[Br-]. The second-order valence-corrected chi connectivity index (χ2v) is 9.78. The first-order valence-electron chi connectivity index (χ1n) is 8.82. The minimum atomic E-state index is -0.284. The Morgan fingerprint density at radius 1 is 1.12 bits per heavy atom. The number of hydrogen-bond acceptors (Lipinski definition) is 5. The standard InChI is InChI=1S/C19H22NO3S2.BrH/c1-20(2)12-9-11(10-13(20)18-17(12)23-18)22-19(21)16(14-5-3-7-24-14)15-6-4-8-25-15;/h3-8,11-13,16-18H,9-10H2,1-2H3;1H/q+1;/p-1. The lowest BCUT2D eigenvalue weighted by atomic mass is 9.96. The van der Waals surface area contributed by atoms with Gasteiger partial charge in [-0.05, 0) is 22.9 Å². The number of epoxide rings is 1. The molecule has 4 atom stereocenters. The van der Waals surface area contributed by atoms with Crippen molar-refractivity contribution in [3.63, 3.8) is 0 Å². The summed E-state index contributed by atoms with van der Waals surface area (Å²) < 4.78 is 12.9. The first-order valence-corrected chi connectivity index (χ1v) is 10.6. The van der Waals surface area contributed by atoms with Gasteiger partial charge >= 0.3 is 5.97 Å². The summed E-state index contributed by atoms with van der Waals surface area (Å²) in [7, 11) is 4.59. The number of quaternary nitrogens is 1. The Labute approximate surface area is 172 Å². The number of fused-ring (bicyclic) bond motifs is 5. The Kier molecular flexibility index (Phi) is 4.80. The van der Waals surface area contributed by atoms with Crippen molar-refractivity contribution >= 4 is 28.6 Å². The molecule has 0 radical (unpaired) electrons. The first-order chi connectivity index (χ1) is 12.1. The summed E-state index contributed by atoms with van der Waals surface area (Å²) in [5.74, 6) is -0.385. The lowest BCUT2D eigenvalue weighted by Crippen LogP contribution is -3.00. The van der Waals surface area contributed by atoms with E-state index in [1.54, 1.807) is 22.7 Å². The maximum atomic E-state index is 13.1. The van der Waals surface area contributed by atoms with Crippen LogP contribution in [-0.4, -0.2) is 54.9 Å². The highest BCUT2D eigenvalue weighted by Crippen LogP contribution is 2.51. The molecule has 5 rings (SSSR count). The zero-order valence-corrected chi connectivity index (χ0v) is 17.9. The van der Waals surface area contributed by atoms with E-state index in [9.17, 15) is 4.79 Å². The van der Waals surface area contributed by atoms with E-state index in [1.807, 2.05) is 35.0 Å². The van der Waals surface area contributed by atoms with Crippen molar-refractivity contribution in [2.45, 2.75) is 49.2 Å². The molecule has 3 aliphatic heterocycles. The fourth-order valence-electron chi connectivity index (χ4n) is 4.82. The van der Waals surface area contributed by atoms with Gasteiger partial charge < -0.3 is 30.9 Å². The number of morpholine rings is 1. The number of thiophene rings is 2. The van der Waals surface area contributed by atoms with Crippen LogP contribution < -0.4 is 17.0 Å². The Bertz CT molecular complexity index is 723. The molecule has 0 saturated carbocycles. The van der Waals surface area contributed by atoms with Gasteiger partial charge in [0.15, 0.2) is 0 Å². The van der Waals surface area contributed by atoms with Gasteiger partial charge in [-0.25, -0.2) is 0 Å². The van der Waals surface area contributed by atoms with Crippen LogP contribution in [0.5, 0.6) is 0 Å². The molecule has 0 aromatic carbocycles. The third-order valence-corrected chi connectivity index (χ3v) is 8.09. The van der Waals surface area contributed by atoms with E-state index in [4.69, 9.17) is 9.47 Å². The Morgan fingerprint density at radius 3 is 2.12 bits per heavy atom. The van der Waals surface area contributed by atoms with Gasteiger partial charge in [-0.1, -0.05) is 12.1 Å². The molecule has 2 bridgehead atoms. The van der Waals surface area contributed by atoms with Gasteiger partial charge in [-0.15, -0.1) is 22.7 Å². The molecule has 140 valence electrons. The number of esters is 1.